The van der Waals surface area contributed by atoms with Crippen LogP contribution in [0.15, 0.2) is 24.3 Å². The van der Waals surface area contributed by atoms with Crippen LogP contribution in [-0.4, -0.2) is 30.2 Å². The normalized spacial score (nSPS) is 18.8. The molecule has 1 atom stereocenters. The lowest BCUT2D eigenvalue weighted by atomic mass is 10.0. The van der Waals surface area contributed by atoms with Crippen LogP contribution in [0.25, 0.3) is 0 Å². The molecule has 1 fully saturated rings. The number of nitrogens with one attached hydrogen (secondary N) is 1. The molecular weight excluding hydrogens is 246 g/mol. The fraction of sp³-hybridized carbons (Fsp3) is 0.429. The quantitative estimate of drug-likeness (QED) is 0.861. The molecule has 1 heterocycles. The van der Waals surface area contributed by atoms with Crippen molar-refractivity contribution in [3.05, 3.63) is 35.4 Å². The van der Waals surface area contributed by atoms with Gasteiger partial charge in [0.05, 0.1) is 18.1 Å². The molecule has 0 radical (unpaired) electrons. The average molecular weight is 263 g/mol. The average Bonchev–Trinajstić information content (AvgIpc) is 2.46. The Balaban J connectivity index is 1.89. The van der Waals surface area contributed by atoms with Gasteiger partial charge < -0.3 is 15.2 Å². The Bertz CT molecular complexity index is 466. The lowest BCUT2D eigenvalue weighted by Crippen LogP contribution is -2.35. The van der Waals surface area contributed by atoms with E-state index in [2.05, 4.69) is 5.32 Å². The highest BCUT2D eigenvalue weighted by Crippen LogP contribution is 2.14. The smallest absolute Gasteiger partial charge is 0.335 e. The van der Waals surface area contributed by atoms with Gasteiger partial charge >= 0.3 is 5.97 Å². The Hall–Kier alpha value is -1.88. The SMILES string of the molecule is O=C(O)c1cccc(CNC(=O)[C@H]2CCCOC2)c1. The molecule has 5 heteroatoms. The molecule has 0 spiro atoms. The molecule has 1 amide bonds. The summed E-state index contributed by atoms with van der Waals surface area (Å²) in [5.41, 5.74) is 1.01. The van der Waals surface area contributed by atoms with Crippen LogP contribution in [0.1, 0.15) is 28.8 Å². The molecular formula is C14H17NO4. The number of carboxylic acid groups (broad SMARTS) is 1. The van der Waals surface area contributed by atoms with Gasteiger partial charge in [0.2, 0.25) is 5.91 Å². The van der Waals surface area contributed by atoms with Crippen molar-refractivity contribution in [1.82, 2.24) is 5.32 Å². The monoisotopic (exact) mass is 263 g/mol. The van der Waals surface area contributed by atoms with Crippen LogP contribution in [0.5, 0.6) is 0 Å². The van der Waals surface area contributed by atoms with Crippen LogP contribution in [-0.2, 0) is 16.1 Å². The summed E-state index contributed by atoms with van der Waals surface area (Å²) in [7, 11) is 0. The van der Waals surface area contributed by atoms with Gasteiger partial charge in [-0.1, -0.05) is 12.1 Å². The Morgan fingerprint density at radius 3 is 2.95 bits per heavy atom. The van der Waals surface area contributed by atoms with Gasteiger partial charge in [-0.25, -0.2) is 4.79 Å². The molecule has 1 aromatic carbocycles. The molecule has 2 rings (SSSR count). The summed E-state index contributed by atoms with van der Waals surface area (Å²) in [6.07, 6.45) is 1.76. The number of ether oxygens (including phenoxy) is 1. The van der Waals surface area contributed by atoms with Crippen molar-refractivity contribution in [2.75, 3.05) is 13.2 Å². The predicted octanol–water partition coefficient (Wildman–Crippen LogP) is 1.43. The summed E-state index contributed by atoms with van der Waals surface area (Å²) in [4.78, 5) is 22.7. The molecule has 0 aliphatic carbocycles. The highest BCUT2D eigenvalue weighted by molar-refractivity contribution is 5.87. The van der Waals surface area contributed by atoms with Crippen molar-refractivity contribution < 1.29 is 19.4 Å². The summed E-state index contributed by atoms with van der Waals surface area (Å²) in [5, 5.41) is 11.7. The minimum Gasteiger partial charge on any atom is -0.478 e. The molecule has 102 valence electrons. The Morgan fingerprint density at radius 2 is 2.26 bits per heavy atom. The minimum atomic E-state index is -0.964. The summed E-state index contributed by atoms with van der Waals surface area (Å²) in [6.45, 7) is 1.54. The maximum Gasteiger partial charge on any atom is 0.335 e. The largest absolute Gasteiger partial charge is 0.478 e. The number of carboxylic acids is 1. The molecule has 1 aromatic rings. The second kappa shape index (κ2) is 6.33. The van der Waals surface area contributed by atoms with Gasteiger partial charge in [-0.3, -0.25) is 4.79 Å². The zero-order valence-corrected chi connectivity index (χ0v) is 10.6. The van der Waals surface area contributed by atoms with Gasteiger partial charge in [0, 0.05) is 13.2 Å². The van der Waals surface area contributed by atoms with Crippen LogP contribution >= 0.6 is 0 Å². The Labute approximate surface area is 111 Å². The van der Waals surface area contributed by atoms with E-state index in [1.54, 1.807) is 18.2 Å². The molecule has 0 unspecified atom stereocenters. The Kier molecular flexibility index (Phi) is 4.52. The molecule has 5 nitrogen and oxygen atoms in total. The van der Waals surface area contributed by atoms with E-state index >= 15 is 0 Å². The number of aromatic carboxylic acids is 1. The second-order valence-corrected chi connectivity index (χ2v) is 4.64. The van der Waals surface area contributed by atoms with E-state index < -0.39 is 5.97 Å². The molecule has 1 saturated heterocycles. The lowest BCUT2D eigenvalue weighted by Gasteiger charge is -2.21. The summed E-state index contributed by atoms with van der Waals surface area (Å²) in [5.74, 6) is -1.08. The molecule has 0 saturated carbocycles. The third-order valence-electron chi connectivity index (χ3n) is 3.17. The molecule has 1 aliphatic rings. The van der Waals surface area contributed by atoms with Gasteiger partial charge in [-0.05, 0) is 30.5 Å². The number of carbonyl (C=O) groups is 2. The van der Waals surface area contributed by atoms with E-state index in [1.165, 1.54) is 6.07 Å². The van der Waals surface area contributed by atoms with Gasteiger partial charge in [-0.15, -0.1) is 0 Å². The predicted molar refractivity (Wildman–Crippen MR) is 68.8 cm³/mol. The fourth-order valence-electron chi connectivity index (χ4n) is 2.10. The first-order chi connectivity index (χ1) is 9.16. The molecule has 1 aliphatic heterocycles. The van der Waals surface area contributed by atoms with Crippen molar-refractivity contribution >= 4 is 11.9 Å². The number of hydrogen-bond acceptors (Lipinski definition) is 3. The lowest BCUT2D eigenvalue weighted by molar-refractivity contribution is -0.129. The van der Waals surface area contributed by atoms with E-state index in [0.29, 0.717) is 13.2 Å². The van der Waals surface area contributed by atoms with Crippen LogP contribution in [0.2, 0.25) is 0 Å². The van der Waals surface area contributed by atoms with Gasteiger partial charge in [0.15, 0.2) is 0 Å². The fourth-order valence-corrected chi connectivity index (χ4v) is 2.10. The highest BCUT2D eigenvalue weighted by atomic mass is 16.5. The zero-order chi connectivity index (χ0) is 13.7. The number of benzene rings is 1. The molecule has 0 aromatic heterocycles. The van der Waals surface area contributed by atoms with Gasteiger partial charge in [0.1, 0.15) is 0 Å². The van der Waals surface area contributed by atoms with E-state index in [-0.39, 0.29) is 17.4 Å². The third kappa shape index (κ3) is 3.79. The number of hydrogen-bond donors (Lipinski definition) is 2. The van der Waals surface area contributed by atoms with E-state index in [4.69, 9.17) is 9.84 Å². The maximum absolute atomic E-state index is 11.9. The van der Waals surface area contributed by atoms with Crippen molar-refractivity contribution in [2.45, 2.75) is 19.4 Å². The van der Waals surface area contributed by atoms with Crippen molar-refractivity contribution in [3.8, 4) is 0 Å². The maximum atomic E-state index is 11.9. The van der Waals surface area contributed by atoms with E-state index in [9.17, 15) is 9.59 Å². The standard InChI is InChI=1S/C14H17NO4/c16-13(12-5-2-6-19-9-12)15-8-10-3-1-4-11(7-10)14(17)18/h1,3-4,7,12H,2,5-6,8-9H2,(H,15,16)(H,17,18)/t12-/m0/s1. The van der Waals surface area contributed by atoms with Crippen LogP contribution in [0.4, 0.5) is 0 Å². The second-order valence-electron chi connectivity index (χ2n) is 4.64. The first-order valence-electron chi connectivity index (χ1n) is 6.34. The number of carbonyl (C=O) groups excluding carboxylic acids is 1. The highest BCUT2D eigenvalue weighted by Gasteiger charge is 2.21. The first-order valence-corrected chi connectivity index (χ1v) is 6.34. The molecule has 2 N–H and O–H groups in total. The third-order valence-corrected chi connectivity index (χ3v) is 3.17. The minimum absolute atomic E-state index is 0.0274. The number of rotatable bonds is 4. The zero-order valence-electron chi connectivity index (χ0n) is 10.6. The number of amides is 1. The van der Waals surface area contributed by atoms with Crippen molar-refractivity contribution in [3.63, 3.8) is 0 Å². The van der Waals surface area contributed by atoms with Crippen molar-refractivity contribution in [2.24, 2.45) is 5.92 Å². The van der Waals surface area contributed by atoms with Gasteiger partial charge in [-0.2, -0.15) is 0 Å². The van der Waals surface area contributed by atoms with Crippen molar-refractivity contribution in [1.29, 1.82) is 0 Å². The molecule has 0 bridgehead atoms. The first kappa shape index (κ1) is 13.5. The summed E-state index contributed by atoms with van der Waals surface area (Å²) >= 11 is 0. The van der Waals surface area contributed by atoms with E-state index in [0.717, 1.165) is 25.0 Å². The molecule has 19 heavy (non-hydrogen) atoms. The summed E-state index contributed by atoms with van der Waals surface area (Å²) < 4.78 is 5.27. The summed E-state index contributed by atoms with van der Waals surface area (Å²) in [6, 6.07) is 6.57. The Morgan fingerprint density at radius 1 is 1.42 bits per heavy atom. The van der Waals surface area contributed by atoms with Crippen LogP contribution < -0.4 is 5.32 Å². The van der Waals surface area contributed by atoms with Gasteiger partial charge in [0.25, 0.3) is 0 Å². The van der Waals surface area contributed by atoms with Crippen LogP contribution in [0, 0.1) is 5.92 Å². The topological polar surface area (TPSA) is 75.6 Å². The van der Waals surface area contributed by atoms with Crippen LogP contribution in [0.3, 0.4) is 0 Å². The van der Waals surface area contributed by atoms with E-state index in [1.807, 2.05) is 0 Å².